The third-order valence-electron chi connectivity index (χ3n) is 4.39. The van der Waals surface area contributed by atoms with E-state index < -0.39 is 0 Å². The molecule has 1 aliphatic heterocycles. The quantitative estimate of drug-likeness (QED) is 0.896. The van der Waals surface area contributed by atoms with Gasteiger partial charge in [0.05, 0.1) is 11.4 Å². The van der Waals surface area contributed by atoms with E-state index in [-0.39, 0.29) is 0 Å². The maximum absolute atomic E-state index is 4.34. The second-order valence-corrected chi connectivity index (χ2v) is 6.32. The molecule has 2 heterocycles. The van der Waals surface area contributed by atoms with Crippen molar-refractivity contribution < 1.29 is 0 Å². The van der Waals surface area contributed by atoms with E-state index in [2.05, 4.69) is 79.5 Å². The van der Waals surface area contributed by atoms with Crippen LogP contribution in [0, 0.1) is 13.8 Å². The molecule has 122 valence electrons. The van der Waals surface area contributed by atoms with E-state index >= 15 is 0 Å². The van der Waals surface area contributed by atoms with Crippen LogP contribution < -0.4 is 5.43 Å². The Kier molecular flexibility index (Phi) is 4.26. The number of nitrogens with zero attached hydrogens (tertiary/aromatic N) is 2. The molecule has 2 aromatic rings. The van der Waals surface area contributed by atoms with Crippen molar-refractivity contribution in [1.82, 2.24) is 9.99 Å². The Labute approximate surface area is 143 Å². The Hall–Kier alpha value is -2.81. The van der Waals surface area contributed by atoms with Crippen LogP contribution in [-0.4, -0.2) is 10.3 Å². The van der Waals surface area contributed by atoms with Crippen LogP contribution in [0.1, 0.15) is 28.1 Å². The molecule has 0 aliphatic carbocycles. The van der Waals surface area contributed by atoms with Gasteiger partial charge in [-0.25, -0.2) is 0 Å². The Balaban J connectivity index is 1.89. The number of hydrazone groups is 1. The minimum Gasteiger partial charge on any atom is -0.347 e. The number of rotatable bonds is 4. The standard InChI is InChI=1S/C21H23N3/c1-14-6-9-18(10-7-14)17(4)21-15(2)12-20(24(21)5)13-19-11-8-16(3)22-23-19/h6-12,22H,3-4,13H2,1-2,5H3. The fourth-order valence-corrected chi connectivity index (χ4v) is 3.02. The number of benzene rings is 1. The Morgan fingerprint density at radius 2 is 1.88 bits per heavy atom. The van der Waals surface area contributed by atoms with Gasteiger partial charge >= 0.3 is 0 Å². The smallest absolute Gasteiger partial charge is 0.0666 e. The molecular formula is C21H23N3. The highest BCUT2D eigenvalue weighted by atomic mass is 15.3. The second kappa shape index (κ2) is 6.36. The van der Waals surface area contributed by atoms with Gasteiger partial charge in [0.15, 0.2) is 0 Å². The lowest BCUT2D eigenvalue weighted by Gasteiger charge is -2.13. The van der Waals surface area contributed by atoms with E-state index in [1.807, 2.05) is 12.2 Å². The summed E-state index contributed by atoms with van der Waals surface area (Å²) in [5, 5.41) is 4.34. The van der Waals surface area contributed by atoms with E-state index in [0.717, 1.165) is 29.0 Å². The van der Waals surface area contributed by atoms with Gasteiger partial charge < -0.3 is 4.57 Å². The maximum Gasteiger partial charge on any atom is 0.0666 e. The Bertz CT molecular complexity index is 861. The summed E-state index contributed by atoms with van der Waals surface area (Å²) in [6.07, 6.45) is 4.73. The molecule has 24 heavy (non-hydrogen) atoms. The molecule has 3 heteroatoms. The van der Waals surface area contributed by atoms with E-state index in [0.29, 0.717) is 0 Å². The fourth-order valence-electron chi connectivity index (χ4n) is 3.02. The molecule has 0 saturated carbocycles. The van der Waals surface area contributed by atoms with Gasteiger partial charge in [-0.3, -0.25) is 5.43 Å². The molecule has 0 saturated heterocycles. The molecule has 1 aromatic carbocycles. The first-order valence-corrected chi connectivity index (χ1v) is 8.07. The fraction of sp³-hybridized carbons (Fsp3) is 0.190. The number of nitrogens with one attached hydrogen (secondary N) is 1. The number of hydrogen-bond acceptors (Lipinski definition) is 2. The molecule has 3 nitrogen and oxygen atoms in total. The van der Waals surface area contributed by atoms with Crippen LogP contribution in [0.15, 0.2) is 66.4 Å². The largest absolute Gasteiger partial charge is 0.347 e. The van der Waals surface area contributed by atoms with Crippen LogP contribution in [0.5, 0.6) is 0 Å². The van der Waals surface area contributed by atoms with Crippen LogP contribution in [0.2, 0.25) is 0 Å². The first-order chi connectivity index (χ1) is 11.5. The molecule has 0 bridgehead atoms. The van der Waals surface area contributed by atoms with Crippen molar-refractivity contribution in [3.05, 3.63) is 89.4 Å². The summed E-state index contributed by atoms with van der Waals surface area (Å²) in [7, 11) is 2.09. The molecule has 0 spiro atoms. The number of aromatic nitrogens is 1. The number of allylic oxidation sites excluding steroid dienone is 2. The monoisotopic (exact) mass is 317 g/mol. The van der Waals surface area contributed by atoms with Crippen LogP contribution in [0.3, 0.4) is 0 Å². The van der Waals surface area contributed by atoms with E-state index in [9.17, 15) is 0 Å². The molecule has 1 N–H and O–H groups in total. The first kappa shape index (κ1) is 16.1. The van der Waals surface area contributed by atoms with Gasteiger partial charge in [0, 0.05) is 24.9 Å². The molecule has 0 fully saturated rings. The summed E-state index contributed by atoms with van der Waals surface area (Å²) in [6, 6.07) is 10.7. The van der Waals surface area contributed by atoms with Gasteiger partial charge in [0.25, 0.3) is 0 Å². The summed E-state index contributed by atoms with van der Waals surface area (Å²) >= 11 is 0. The van der Waals surface area contributed by atoms with Gasteiger partial charge in [-0.2, -0.15) is 5.10 Å². The SMILES string of the molecule is C=C1C=CC(Cc2cc(C)c(C(=C)c3ccc(C)cc3)n2C)=NN1. The number of hydrogen-bond donors (Lipinski definition) is 1. The summed E-state index contributed by atoms with van der Waals surface area (Å²) in [5.74, 6) is 0. The van der Waals surface area contributed by atoms with Crippen molar-refractivity contribution in [3.63, 3.8) is 0 Å². The average molecular weight is 317 g/mol. The van der Waals surface area contributed by atoms with Crippen molar-refractivity contribution in [1.29, 1.82) is 0 Å². The average Bonchev–Trinajstić information content (AvgIpc) is 2.83. The summed E-state index contributed by atoms with van der Waals surface area (Å²) in [4.78, 5) is 0. The minimum absolute atomic E-state index is 0.773. The molecular weight excluding hydrogens is 294 g/mol. The topological polar surface area (TPSA) is 29.3 Å². The van der Waals surface area contributed by atoms with Crippen molar-refractivity contribution in [2.75, 3.05) is 0 Å². The van der Waals surface area contributed by atoms with Crippen molar-refractivity contribution in [3.8, 4) is 0 Å². The molecule has 1 aromatic heterocycles. The van der Waals surface area contributed by atoms with Crippen LogP contribution in [0.4, 0.5) is 0 Å². The van der Waals surface area contributed by atoms with E-state index in [1.165, 1.54) is 22.5 Å². The zero-order valence-corrected chi connectivity index (χ0v) is 14.6. The first-order valence-electron chi connectivity index (χ1n) is 8.07. The van der Waals surface area contributed by atoms with E-state index in [4.69, 9.17) is 0 Å². The highest BCUT2D eigenvalue weighted by Crippen LogP contribution is 2.27. The Morgan fingerprint density at radius 1 is 1.17 bits per heavy atom. The molecule has 0 amide bonds. The molecule has 0 unspecified atom stereocenters. The molecule has 3 rings (SSSR count). The van der Waals surface area contributed by atoms with Crippen LogP contribution in [-0.2, 0) is 13.5 Å². The molecule has 1 aliphatic rings. The lowest BCUT2D eigenvalue weighted by Crippen LogP contribution is -2.15. The van der Waals surface area contributed by atoms with Gasteiger partial charge in [0.1, 0.15) is 0 Å². The normalized spacial score (nSPS) is 13.6. The third-order valence-corrected chi connectivity index (χ3v) is 4.39. The number of aryl methyl sites for hydroxylation is 2. The summed E-state index contributed by atoms with van der Waals surface area (Å²) in [5.41, 5.74) is 11.8. The van der Waals surface area contributed by atoms with Gasteiger partial charge in [-0.15, -0.1) is 0 Å². The second-order valence-electron chi connectivity index (χ2n) is 6.32. The van der Waals surface area contributed by atoms with Gasteiger partial charge in [-0.1, -0.05) is 43.0 Å². The van der Waals surface area contributed by atoms with Crippen molar-refractivity contribution >= 4 is 11.3 Å². The lowest BCUT2D eigenvalue weighted by atomic mass is 10.0. The highest BCUT2D eigenvalue weighted by molar-refractivity contribution is 5.97. The maximum atomic E-state index is 4.34. The predicted octanol–water partition coefficient (Wildman–Crippen LogP) is 4.28. The molecule has 0 radical (unpaired) electrons. The zero-order valence-electron chi connectivity index (χ0n) is 14.6. The third kappa shape index (κ3) is 3.11. The van der Waals surface area contributed by atoms with Crippen LogP contribution in [0.25, 0.3) is 5.57 Å². The highest BCUT2D eigenvalue weighted by Gasteiger charge is 2.15. The minimum atomic E-state index is 0.773. The summed E-state index contributed by atoms with van der Waals surface area (Å²) in [6.45, 7) is 12.4. The molecule has 0 atom stereocenters. The zero-order chi connectivity index (χ0) is 17.3. The van der Waals surface area contributed by atoms with Crippen LogP contribution >= 0.6 is 0 Å². The van der Waals surface area contributed by atoms with Crippen molar-refractivity contribution in [2.24, 2.45) is 12.1 Å². The lowest BCUT2D eigenvalue weighted by molar-refractivity contribution is 0.841. The van der Waals surface area contributed by atoms with Gasteiger partial charge in [0.2, 0.25) is 0 Å². The van der Waals surface area contributed by atoms with Gasteiger partial charge in [-0.05, 0) is 48.8 Å². The van der Waals surface area contributed by atoms with E-state index in [1.54, 1.807) is 0 Å². The van der Waals surface area contributed by atoms with Crippen molar-refractivity contribution in [2.45, 2.75) is 20.3 Å². The summed E-state index contributed by atoms with van der Waals surface area (Å²) < 4.78 is 2.22. The predicted molar refractivity (Wildman–Crippen MR) is 102 cm³/mol. The Morgan fingerprint density at radius 3 is 2.50 bits per heavy atom.